The second-order valence-corrected chi connectivity index (χ2v) is 5.58. The van der Waals surface area contributed by atoms with Crippen molar-refractivity contribution >= 4 is 11.8 Å². The average Bonchev–Trinajstić information content (AvgIpc) is 2.89. The van der Waals surface area contributed by atoms with Gasteiger partial charge in [-0.3, -0.25) is 10.1 Å². The number of benzene rings is 1. The summed E-state index contributed by atoms with van der Waals surface area (Å²) in [6.07, 6.45) is 2.82. The number of aromatic nitrogens is 1. The van der Waals surface area contributed by atoms with Crippen LogP contribution < -0.4 is 10.1 Å². The Hall–Kier alpha value is -2.37. The molecule has 0 bridgehead atoms. The van der Waals surface area contributed by atoms with Crippen LogP contribution in [0.3, 0.4) is 0 Å². The molecule has 0 fully saturated rings. The van der Waals surface area contributed by atoms with E-state index in [0.717, 1.165) is 30.5 Å². The first kappa shape index (κ1) is 14.6. The van der Waals surface area contributed by atoms with E-state index in [2.05, 4.69) is 17.4 Å². The predicted molar refractivity (Wildman–Crippen MR) is 78.2 cm³/mol. The van der Waals surface area contributed by atoms with Gasteiger partial charge in [-0.05, 0) is 49.4 Å². The van der Waals surface area contributed by atoms with Crippen LogP contribution in [0.15, 0.2) is 28.8 Å². The van der Waals surface area contributed by atoms with E-state index >= 15 is 0 Å². The van der Waals surface area contributed by atoms with Crippen LogP contribution in [0.2, 0.25) is 0 Å². The summed E-state index contributed by atoms with van der Waals surface area (Å²) < 4.78 is 23.3. The zero-order valence-electron chi connectivity index (χ0n) is 12.3. The molecule has 3 rings (SSSR count). The number of nitrogens with one attached hydrogen (secondary N) is 1. The molecule has 0 unspecified atom stereocenters. The fourth-order valence-electron chi connectivity index (χ4n) is 2.52. The number of aryl methyl sites for hydroxylation is 1. The highest BCUT2D eigenvalue weighted by Crippen LogP contribution is 2.30. The van der Waals surface area contributed by atoms with Gasteiger partial charge in [-0.1, -0.05) is 12.1 Å². The van der Waals surface area contributed by atoms with Crippen LogP contribution in [-0.2, 0) is 17.6 Å². The molecule has 1 N–H and O–H groups in total. The molecule has 0 saturated heterocycles. The molecule has 1 aromatic heterocycles. The van der Waals surface area contributed by atoms with Crippen molar-refractivity contribution in [3.8, 4) is 5.75 Å². The Bertz CT molecular complexity index is 667. The molecule has 5 nitrogen and oxygen atoms in total. The molecule has 1 aromatic carbocycles. The lowest BCUT2D eigenvalue weighted by molar-refractivity contribution is -0.118. The van der Waals surface area contributed by atoms with Gasteiger partial charge in [0.2, 0.25) is 5.88 Å². The molecule has 1 aliphatic carbocycles. The van der Waals surface area contributed by atoms with Gasteiger partial charge in [0, 0.05) is 5.56 Å². The SMILES string of the molecule is C[C@@H]1CCc2noc(NC(=O)COc3ccc(F)cc3)c2C1. The maximum absolute atomic E-state index is 12.8. The summed E-state index contributed by atoms with van der Waals surface area (Å²) >= 11 is 0. The summed E-state index contributed by atoms with van der Waals surface area (Å²) in [6.45, 7) is 2.00. The third kappa shape index (κ3) is 3.27. The van der Waals surface area contributed by atoms with Gasteiger partial charge in [-0.2, -0.15) is 0 Å². The molecular weight excluding hydrogens is 287 g/mol. The number of carbonyl (C=O) groups is 1. The molecule has 0 aliphatic heterocycles. The number of rotatable bonds is 4. The van der Waals surface area contributed by atoms with E-state index in [1.54, 1.807) is 0 Å². The fraction of sp³-hybridized carbons (Fsp3) is 0.375. The number of nitrogens with zero attached hydrogens (tertiary/aromatic N) is 1. The van der Waals surface area contributed by atoms with Crippen molar-refractivity contribution in [3.63, 3.8) is 0 Å². The summed E-state index contributed by atoms with van der Waals surface area (Å²) in [7, 11) is 0. The molecule has 2 aromatic rings. The number of carbonyl (C=O) groups excluding carboxylic acids is 1. The summed E-state index contributed by atoms with van der Waals surface area (Å²) in [6, 6.07) is 5.50. The third-order valence-corrected chi connectivity index (χ3v) is 3.73. The normalized spacial score (nSPS) is 16.9. The van der Waals surface area contributed by atoms with Gasteiger partial charge < -0.3 is 9.26 Å². The molecule has 22 heavy (non-hydrogen) atoms. The molecule has 1 amide bonds. The number of amides is 1. The minimum absolute atomic E-state index is 0.170. The Morgan fingerprint density at radius 3 is 3.00 bits per heavy atom. The van der Waals surface area contributed by atoms with Crippen LogP contribution in [0.4, 0.5) is 10.3 Å². The molecular formula is C16H17FN2O3. The zero-order valence-corrected chi connectivity index (χ0v) is 12.3. The first-order valence-electron chi connectivity index (χ1n) is 7.27. The van der Waals surface area contributed by atoms with E-state index < -0.39 is 0 Å². The summed E-state index contributed by atoms with van der Waals surface area (Å²) in [5.41, 5.74) is 1.90. The van der Waals surface area contributed by atoms with Gasteiger partial charge in [0.15, 0.2) is 6.61 Å². The van der Waals surface area contributed by atoms with Crippen LogP contribution in [0.1, 0.15) is 24.6 Å². The zero-order chi connectivity index (χ0) is 15.5. The Labute approximate surface area is 127 Å². The molecule has 0 radical (unpaired) electrons. The topological polar surface area (TPSA) is 64.4 Å². The molecule has 116 valence electrons. The smallest absolute Gasteiger partial charge is 0.264 e. The second-order valence-electron chi connectivity index (χ2n) is 5.58. The van der Waals surface area contributed by atoms with Crippen molar-refractivity contribution in [1.29, 1.82) is 0 Å². The van der Waals surface area contributed by atoms with E-state index in [0.29, 0.717) is 17.6 Å². The number of hydrogen-bond donors (Lipinski definition) is 1. The largest absolute Gasteiger partial charge is 0.484 e. The summed E-state index contributed by atoms with van der Waals surface area (Å²) in [4.78, 5) is 11.9. The standard InChI is InChI=1S/C16H17FN2O3/c1-10-2-7-14-13(8-10)16(22-19-14)18-15(20)9-21-12-5-3-11(17)4-6-12/h3-6,10H,2,7-9H2,1H3,(H,18,20)/t10-/m1/s1. The lowest BCUT2D eigenvalue weighted by atomic mass is 9.89. The minimum atomic E-state index is -0.348. The number of ether oxygens (including phenoxy) is 1. The molecule has 6 heteroatoms. The van der Waals surface area contributed by atoms with Crippen molar-refractivity contribution in [1.82, 2.24) is 5.16 Å². The van der Waals surface area contributed by atoms with Crippen LogP contribution in [0.5, 0.6) is 5.75 Å². The van der Waals surface area contributed by atoms with Gasteiger partial charge >= 0.3 is 0 Å². The van der Waals surface area contributed by atoms with Crippen molar-refractivity contribution < 1.29 is 18.4 Å². The van der Waals surface area contributed by atoms with Crippen molar-refractivity contribution in [3.05, 3.63) is 41.3 Å². The van der Waals surface area contributed by atoms with Gasteiger partial charge in [-0.15, -0.1) is 0 Å². The number of fused-ring (bicyclic) bond motifs is 1. The van der Waals surface area contributed by atoms with E-state index in [4.69, 9.17) is 9.26 Å². The van der Waals surface area contributed by atoms with Gasteiger partial charge in [0.05, 0.1) is 5.69 Å². The first-order chi connectivity index (χ1) is 10.6. The minimum Gasteiger partial charge on any atom is -0.484 e. The summed E-state index contributed by atoms with van der Waals surface area (Å²) in [5.74, 6) is 0.720. The monoisotopic (exact) mass is 304 g/mol. The van der Waals surface area contributed by atoms with Crippen LogP contribution in [-0.4, -0.2) is 17.7 Å². The molecule has 1 aliphatic rings. The van der Waals surface area contributed by atoms with Crippen LogP contribution in [0, 0.1) is 11.7 Å². The highest BCUT2D eigenvalue weighted by molar-refractivity contribution is 5.91. The Morgan fingerprint density at radius 2 is 2.23 bits per heavy atom. The van der Waals surface area contributed by atoms with Gasteiger partial charge in [0.1, 0.15) is 11.6 Å². The van der Waals surface area contributed by atoms with E-state index in [1.165, 1.54) is 24.3 Å². The van der Waals surface area contributed by atoms with Crippen molar-refractivity contribution in [2.24, 2.45) is 5.92 Å². The van der Waals surface area contributed by atoms with Gasteiger partial charge in [0.25, 0.3) is 5.91 Å². The van der Waals surface area contributed by atoms with Crippen LogP contribution in [0.25, 0.3) is 0 Å². The summed E-state index contributed by atoms with van der Waals surface area (Å²) in [5, 5.41) is 6.69. The third-order valence-electron chi connectivity index (χ3n) is 3.73. The Balaban J connectivity index is 1.58. The lowest BCUT2D eigenvalue weighted by Gasteiger charge is -2.16. The molecule has 1 atom stereocenters. The predicted octanol–water partition coefficient (Wildman–Crippen LogP) is 2.96. The van der Waals surface area contributed by atoms with E-state index in [-0.39, 0.29) is 18.3 Å². The number of anilines is 1. The number of hydrogen-bond acceptors (Lipinski definition) is 4. The second kappa shape index (κ2) is 6.17. The van der Waals surface area contributed by atoms with E-state index in [1.807, 2.05) is 0 Å². The fourth-order valence-corrected chi connectivity index (χ4v) is 2.52. The molecule has 0 saturated carbocycles. The average molecular weight is 304 g/mol. The van der Waals surface area contributed by atoms with Crippen LogP contribution >= 0.6 is 0 Å². The van der Waals surface area contributed by atoms with Crippen molar-refractivity contribution in [2.75, 3.05) is 11.9 Å². The first-order valence-corrected chi connectivity index (χ1v) is 7.27. The van der Waals surface area contributed by atoms with Crippen molar-refractivity contribution in [2.45, 2.75) is 26.2 Å². The Morgan fingerprint density at radius 1 is 1.45 bits per heavy atom. The lowest BCUT2D eigenvalue weighted by Crippen LogP contribution is -2.21. The van der Waals surface area contributed by atoms with E-state index in [9.17, 15) is 9.18 Å². The molecule has 0 spiro atoms. The highest BCUT2D eigenvalue weighted by Gasteiger charge is 2.24. The maximum Gasteiger partial charge on any atom is 0.264 e. The quantitative estimate of drug-likeness (QED) is 0.943. The molecule has 1 heterocycles. The van der Waals surface area contributed by atoms with Gasteiger partial charge in [-0.25, -0.2) is 4.39 Å². The maximum atomic E-state index is 12.8. The Kier molecular flexibility index (Phi) is 4.09. The number of halogens is 1. The highest BCUT2D eigenvalue weighted by atomic mass is 19.1.